The van der Waals surface area contributed by atoms with Crippen molar-refractivity contribution in [2.45, 2.75) is 13.3 Å². The van der Waals surface area contributed by atoms with Crippen molar-refractivity contribution in [3.63, 3.8) is 0 Å². The molecule has 0 N–H and O–H groups in total. The van der Waals surface area contributed by atoms with Gasteiger partial charge in [-0.25, -0.2) is 0 Å². The molecule has 1 aromatic carbocycles. The van der Waals surface area contributed by atoms with Gasteiger partial charge in [0.15, 0.2) is 0 Å². The van der Waals surface area contributed by atoms with Crippen LogP contribution in [0.2, 0.25) is 0 Å². The fourth-order valence-corrected chi connectivity index (χ4v) is 1.99. The molecular weight excluding hydrogens is 212 g/mol. The van der Waals surface area contributed by atoms with Gasteiger partial charge in [0.05, 0.1) is 0 Å². The van der Waals surface area contributed by atoms with E-state index in [-0.39, 0.29) is 5.75 Å². The summed E-state index contributed by atoms with van der Waals surface area (Å²) in [5.41, 5.74) is 2.11. The standard InChI is InChI=1S/C11H14O3S/c1-9-4-2-3-5-11(9)6-10(7-12)8-15(13)14/h2-5,7,10H,6,8H2,1H3,(H,13,14)/p-1. The van der Waals surface area contributed by atoms with Crippen LogP contribution < -0.4 is 0 Å². The van der Waals surface area contributed by atoms with Gasteiger partial charge in [0.1, 0.15) is 6.29 Å². The maximum Gasteiger partial charge on any atom is 0.124 e. The van der Waals surface area contributed by atoms with Crippen LogP contribution in [0.15, 0.2) is 24.3 Å². The highest BCUT2D eigenvalue weighted by molar-refractivity contribution is 7.79. The zero-order chi connectivity index (χ0) is 11.3. The second kappa shape index (κ2) is 5.78. The molecule has 0 bridgehead atoms. The van der Waals surface area contributed by atoms with Gasteiger partial charge in [0.2, 0.25) is 0 Å². The Bertz CT molecular complexity index is 363. The lowest BCUT2D eigenvalue weighted by Gasteiger charge is -2.13. The quantitative estimate of drug-likeness (QED) is 0.559. The molecule has 82 valence electrons. The molecule has 4 heteroatoms. The normalized spacial score (nSPS) is 14.5. The first-order valence-electron chi connectivity index (χ1n) is 4.69. The fraction of sp³-hybridized carbons (Fsp3) is 0.364. The molecule has 0 spiro atoms. The van der Waals surface area contributed by atoms with Gasteiger partial charge < -0.3 is 9.35 Å². The lowest BCUT2D eigenvalue weighted by molar-refractivity contribution is -0.110. The van der Waals surface area contributed by atoms with Crippen molar-refractivity contribution in [2.75, 3.05) is 5.75 Å². The Balaban J connectivity index is 2.71. The minimum atomic E-state index is -2.16. The van der Waals surface area contributed by atoms with Gasteiger partial charge in [0, 0.05) is 11.7 Å². The molecule has 0 heterocycles. The SMILES string of the molecule is Cc1ccccc1CC(C=O)CS(=O)[O-]. The van der Waals surface area contributed by atoms with E-state index in [2.05, 4.69) is 0 Å². The summed E-state index contributed by atoms with van der Waals surface area (Å²) in [6.07, 6.45) is 1.20. The van der Waals surface area contributed by atoms with Gasteiger partial charge in [-0.05, 0) is 24.5 Å². The summed E-state index contributed by atoms with van der Waals surface area (Å²) in [6.45, 7) is 1.95. The zero-order valence-electron chi connectivity index (χ0n) is 8.51. The molecule has 0 aliphatic carbocycles. The van der Waals surface area contributed by atoms with E-state index in [9.17, 15) is 13.6 Å². The number of hydrogen-bond acceptors (Lipinski definition) is 3. The predicted molar refractivity (Wildman–Crippen MR) is 58.2 cm³/mol. The molecule has 0 aliphatic heterocycles. The summed E-state index contributed by atoms with van der Waals surface area (Å²) in [5, 5.41) is 0. The summed E-state index contributed by atoms with van der Waals surface area (Å²) in [7, 11) is 0. The molecule has 2 atom stereocenters. The number of rotatable bonds is 5. The molecule has 0 radical (unpaired) electrons. The lowest BCUT2D eigenvalue weighted by atomic mass is 9.98. The summed E-state index contributed by atoms with van der Waals surface area (Å²) >= 11 is -2.16. The van der Waals surface area contributed by atoms with Gasteiger partial charge in [-0.15, -0.1) is 0 Å². The molecule has 0 fully saturated rings. The second-order valence-electron chi connectivity index (χ2n) is 3.50. The number of aldehydes is 1. The topological polar surface area (TPSA) is 57.2 Å². The van der Waals surface area contributed by atoms with Gasteiger partial charge in [-0.1, -0.05) is 35.3 Å². The van der Waals surface area contributed by atoms with Gasteiger partial charge in [-0.3, -0.25) is 4.21 Å². The highest BCUT2D eigenvalue weighted by Crippen LogP contribution is 2.12. The molecule has 1 aromatic rings. The van der Waals surface area contributed by atoms with Gasteiger partial charge >= 0.3 is 0 Å². The zero-order valence-corrected chi connectivity index (χ0v) is 9.33. The molecule has 2 unspecified atom stereocenters. The van der Waals surface area contributed by atoms with Crippen molar-refractivity contribution in [3.05, 3.63) is 35.4 Å². The summed E-state index contributed by atoms with van der Waals surface area (Å²) < 4.78 is 21.0. The van der Waals surface area contributed by atoms with E-state index in [1.165, 1.54) is 0 Å². The molecule has 0 amide bonds. The average Bonchev–Trinajstić information content (AvgIpc) is 2.19. The minimum absolute atomic E-state index is 0.0994. The van der Waals surface area contributed by atoms with Crippen molar-refractivity contribution < 1.29 is 13.6 Å². The molecule has 0 aliphatic rings. The molecule has 3 nitrogen and oxygen atoms in total. The fourth-order valence-electron chi connectivity index (χ4n) is 1.44. The van der Waals surface area contributed by atoms with E-state index >= 15 is 0 Å². The van der Waals surface area contributed by atoms with Crippen LogP contribution >= 0.6 is 0 Å². The predicted octanol–water partition coefficient (Wildman–Crippen LogP) is 1.23. The number of carbonyl (C=O) groups is 1. The van der Waals surface area contributed by atoms with E-state index in [0.717, 1.165) is 11.1 Å². The van der Waals surface area contributed by atoms with Crippen molar-refractivity contribution in [2.24, 2.45) is 5.92 Å². The highest BCUT2D eigenvalue weighted by atomic mass is 32.2. The Morgan fingerprint density at radius 1 is 1.47 bits per heavy atom. The van der Waals surface area contributed by atoms with Crippen LogP contribution in [0, 0.1) is 12.8 Å². The third kappa shape index (κ3) is 3.93. The van der Waals surface area contributed by atoms with E-state index in [4.69, 9.17) is 0 Å². The minimum Gasteiger partial charge on any atom is -0.772 e. The van der Waals surface area contributed by atoms with Crippen molar-refractivity contribution in [1.29, 1.82) is 0 Å². The Hall–Kier alpha value is -1.00. The molecule has 0 aromatic heterocycles. The van der Waals surface area contributed by atoms with Gasteiger partial charge in [0.25, 0.3) is 0 Å². The molecule has 0 saturated heterocycles. The number of aryl methyl sites for hydroxylation is 1. The third-order valence-corrected chi connectivity index (χ3v) is 2.99. The lowest BCUT2D eigenvalue weighted by Crippen LogP contribution is -2.15. The number of benzene rings is 1. The third-order valence-electron chi connectivity index (χ3n) is 2.29. The van der Waals surface area contributed by atoms with Crippen LogP contribution in [0.4, 0.5) is 0 Å². The Morgan fingerprint density at radius 3 is 2.67 bits per heavy atom. The maximum absolute atomic E-state index is 10.7. The van der Waals surface area contributed by atoms with Crippen LogP contribution in [-0.2, 0) is 22.3 Å². The first-order valence-corrected chi connectivity index (χ1v) is 5.93. The van der Waals surface area contributed by atoms with Crippen LogP contribution in [0.25, 0.3) is 0 Å². The smallest absolute Gasteiger partial charge is 0.124 e. The van der Waals surface area contributed by atoms with Crippen LogP contribution in [0.5, 0.6) is 0 Å². The summed E-state index contributed by atoms with van der Waals surface area (Å²) in [4.78, 5) is 10.7. The van der Waals surface area contributed by atoms with Crippen molar-refractivity contribution in [3.8, 4) is 0 Å². The highest BCUT2D eigenvalue weighted by Gasteiger charge is 2.09. The molecular formula is C11H13O3S-. The largest absolute Gasteiger partial charge is 0.772 e. The summed E-state index contributed by atoms with van der Waals surface area (Å²) in [6, 6.07) is 7.67. The van der Waals surface area contributed by atoms with Crippen LogP contribution in [-0.4, -0.2) is 20.8 Å². The monoisotopic (exact) mass is 225 g/mol. The maximum atomic E-state index is 10.7. The number of carbonyl (C=O) groups excluding carboxylic acids is 1. The van der Waals surface area contributed by atoms with Crippen molar-refractivity contribution >= 4 is 17.4 Å². The molecule has 0 saturated carbocycles. The van der Waals surface area contributed by atoms with Crippen LogP contribution in [0.3, 0.4) is 0 Å². The van der Waals surface area contributed by atoms with E-state index in [0.29, 0.717) is 12.7 Å². The van der Waals surface area contributed by atoms with E-state index in [1.54, 1.807) is 0 Å². The average molecular weight is 225 g/mol. The first-order chi connectivity index (χ1) is 7.13. The Morgan fingerprint density at radius 2 is 2.13 bits per heavy atom. The van der Waals surface area contributed by atoms with E-state index < -0.39 is 17.0 Å². The second-order valence-corrected chi connectivity index (χ2v) is 4.44. The molecule has 15 heavy (non-hydrogen) atoms. The van der Waals surface area contributed by atoms with Gasteiger partial charge in [-0.2, -0.15) is 0 Å². The number of hydrogen-bond donors (Lipinski definition) is 0. The Kier molecular flexibility index (Phi) is 4.65. The van der Waals surface area contributed by atoms with E-state index in [1.807, 2.05) is 31.2 Å². The molecule has 1 rings (SSSR count). The Labute approximate surface area is 91.8 Å². The summed E-state index contributed by atoms with van der Waals surface area (Å²) in [5.74, 6) is -0.540. The first kappa shape index (κ1) is 12.1. The van der Waals surface area contributed by atoms with Crippen LogP contribution in [0.1, 0.15) is 11.1 Å². The van der Waals surface area contributed by atoms with Crippen molar-refractivity contribution in [1.82, 2.24) is 0 Å².